The molecule has 0 saturated carbocycles. The Balaban J connectivity index is 1.83. The van der Waals surface area contributed by atoms with E-state index >= 15 is 0 Å². The number of aryl methyl sites for hydroxylation is 1. The van der Waals surface area contributed by atoms with Crippen LogP contribution in [0, 0.1) is 11.3 Å². The summed E-state index contributed by atoms with van der Waals surface area (Å²) in [6.07, 6.45) is 5.46. The minimum atomic E-state index is -0.380. The predicted molar refractivity (Wildman–Crippen MR) is 124 cm³/mol. The molecule has 0 fully saturated rings. The van der Waals surface area contributed by atoms with Crippen LogP contribution < -0.4 is 10.6 Å². The molecule has 2 aromatic carbocycles. The quantitative estimate of drug-likeness (QED) is 0.513. The van der Waals surface area contributed by atoms with Crippen LogP contribution in [-0.4, -0.2) is 22.4 Å². The highest BCUT2D eigenvalue weighted by Gasteiger charge is 2.14. The van der Waals surface area contributed by atoms with Crippen molar-refractivity contribution in [2.45, 2.75) is 32.9 Å². The molecule has 0 aliphatic carbocycles. The van der Waals surface area contributed by atoms with E-state index in [1.807, 2.05) is 48.9 Å². The number of carbonyl (C=O) groups is 2. The van der Waals surface area contributed by atoms with E-state index < -0.39 is 0 Å². The zero-order valence-corrected chi connectivity index (χ0v) is 18.1. The van der Waals surface area contributed by atoms with Crippen molar-refractivity contribution in [3.63, 3.8) is 0 Å². The summed E-state index contributed by atoms with van der Waals surface area (Å²) in [5, 5.41) is 15.8. The lowest BCUT2D eigenvalue weighted by Gasteiger charge is -2.13. The van der Waals surface area contributed by atoms with Gasteiger partial charge in [0.1, 0.15) is 0 Å². The van der Waals surface area contributed by atoms with Crippen LogP contribution in [0.25, 0.3) is 17.0 Å². The van der Waals surface area contributed by atoms with Gasteiger partial charge < -0.3 is 15.2 Å². The monoisotopic (exact) mass is 434 g/mol. The van der Waals surface area contributed by atoms with E-state index in [4.69, 9.17) is 16.9 Å². The van der Waals surface area contributed by atoms with Gasteiger partial charge in [0, 0.05) is 46.3 Å². The molecule has 2 N–H and O–H groups in total. The summed E-state index contributed by atoms with van der Waals surface area (Å²) in [5.41, 5.74) is 2.55. The molecule has 3 aromatic rings. The third kappa shape index (κ3) is 5.53. The van der Waals surface area contributed by atoms with E-state index in [1.165, 1.54) is 6.08 Å². The number of fused-ring (bicyclic) bond motifs is 1. The highest BCUT2D eigenvalue weighted by Crippen LogP contribution is 2.24. The van der Waals surface area contributed by atoms with Crippen molar-refractivity contribution in [2.75, 3.05) is 5.32 Å². The van der Waals surface area contributed by atoms with Crippen LogP contribution in [0.4, 0.5) is 5.69 Å². The number of aromatic nitrogens is 1. The summed E-state index contributed by atoms with van der Waals surface area (Å²) < 4.78 is 2.00. The van der Waals surface area contributed by atoms with Crippen LogP contribution in [0.5, 0.6) is 0 Å². The maximum atomic E-state index is 12.6. The summed E-state index contributed by atoms with van der Waals surface area (Å²) >= 11 is 6.07. The highest BCUT2D eigenvalue weighted by atomic mass is 35.5. The van der Waals surface area contributed by atoms with Gasteiger partial charge in [-0.1, -0.05) is 29.8 Å². The Morgan fingerprint density at radius 3 is 2.74 bits per heavy atom. The molecule has 1 aromatic heterocycles. The van der Waals surface area contributed by atoms with Crippen LogP contribution in [0.3, 0.4) is 0 Å². The molecule has 0 saturated heterocycles. The normalized spacial score (nSPS) is 11.1. The van der Waals surface area contributed by atoms with Crippen molar-refractivity contribution in [2.24, 2.45) is 0 Å². The van der Waals surface area contributed by atoms with Gasteiger partial charge in [0.2, 0.25) is 5.91 Å². The first kappa shape index (κ1) is 22.1. The molecule has 158 valence electrons. The number of anilines is 1. The number of nitriles is 1. The highest BCUT2D eigenvalue weighted by molar-refractivity contribution is 6.31. The average molecular weight is 435 g/mol. The molecule has 6 nitrogen and oxygen atoms in total. The first-order valence-corrected chi connectivity index (χ1v) is 10.3. The SMILES string of the molecule is CC(C)NC(=O)c1ccc(Cl)cc1NC(=O)/C=C/c1cn(CCC#N)c2ccccc12. The molecule has 0 unspecified atom stereocenters. The van der Waals surface area contributed by atoms with Gasteiger partial charge in [-0.15, -0.1) is 0 Å². The number of rotatable bonds is 7. The van der Waals surface area contributed by atoms with Crippen molar-refractivity contribution in [3.8, 4) is 6.07 Å². The molecule has 0 bridgehead atoms. The Morgan fingerprint density at radius 2 is 2.00 bits per heavy atom. The number of amides is 2. The van der Waals surface area contributed by atoms with Gasteiger partial charge in [-0.2, -0.15) is 5.26 Å². The summed E-state index contributed by atoms with van der Waals surface area (Å²) in [6.45, 7) is 4.30. The number of benzene rings is 2. The summed E-state index contributed by atoms with van der Waals surface area (Å²) in [4.78, 5) is 25.0. The smallest absolute Gasteiger partial charge is 0.253 e. The second-order valence-electron chi connectivity index (χ2n) is 7.34. The third-order valence-electron chi connectivity index (χ3n) is 4.60. The fraction of sp³-hybridized carbons (Fsp3) is 0.208. The van der Waals surface area contributed by atoms with E-state index in [2.05, 4.69) is 16.7 Å². The average Bonchev–Trinajstić information content (AvgIpc) is 3.08. The zero-order chi connectivity index (χ0) is 22.4. The Bertz CT molecular complexity index is 1190. The molecule has 0 radical (unpaired) electrons. The molecule has 0 aliphatic heterocycles. The first-order chi connectivity index (χ1) is 14.9. The lowest BCUT2D eigenvalue weighted by molar-refractivity contribution is -0.111. The Labute approximate surface area is 186 Å². The van der Waals surface area contributed by atoms with Gasteiger partial charge in [-0.05, 0) is 44.2 Å². The minimum Gasteiger partial charge on any atom is -0.350 e. The minimum absolute atomic E-state index is 0.0371. The maximum Gasteiger partial charge on any atom is 0.253 e. The van der Waals surface area contributed by atoms with Crippen LogP contribution in [-0.2, 0) is 11.3 Å². The molecule has 1 heterocycles. The molecule has 0 spiro atoms. The number of nitrogens with one attached hydrogen (secondary N) is 2. The van der Waals surface area contributed by atoms with Gasteiger partial charge in [0.05, 0.1) is 23.7 Å². The van der Waals surface area contributed by atoms with Crippen molar-refractivity contribution in [1.82, 2.24) is 9.88 Å². The fourth-order valence-electron chi connectivity index (χ4n) is 3.26. The molecular weight excluding hydrogens is 412 g/mol. The van der Waals surface area contributed by atoms with Gasteiger partial charge in [0.15, 0.2) is 0 Å². The van der Waals surface area contributed by atoms with Gasteiger partial charge in [-0.3, -0.25) is 9.59 Å². The van der Waals surface area contributed by atoms with Crippen LogP contribution >= 0.6 is 11.6 Å². The molecule has 0 atom stereocenters. The molecule has 0 aliphatic rings. The summed E-state index contributed by atoms with van der Waals surface area (Å²) in [7, 11) is 0. The summed E-state index contributed by atoms with van der Waals surface area (Å²) in [5.74, 6) is -0.666. The van der Waals surface area contributed by atoms with Crippen LogP contribution in [0.15, 0.2) is 54.7 Å². The predicted octanol–water partition coefficient (Wildman–Crippen LogP) is 5.00. The number of nitrogens with zero attached hydrogens (tertiary/aromatic N) is 2. The standard InChI is InChI=1S/C24H23ClN4O2/c1-16(2)27-24(31)20-10-9-18(25)14-21(20)28-23(30)11-8-17-15-29(13-5-12-26)22-7-4-3-6-19(17)22/h3-4,6-11,14-16H,5,13H2,1-2H3,(H,27,31)(H,28,30)/b11-8+. The fourth-order valence-corrected chi connectivity index (χ4v) is 3.43. The number of hydrogen-bond donors (Lipinski definition) is 2. The van der Waals surface area contributed by atoms with E-state index in [0.29, 0.717) is 29.2 Å². The number of carbonyl (C=O) groups excluding carboxylic acids is 2. The van der Waals surface area contributed by atoms with E-state index in [0.717, 1.165) is 16.5 Å². The Kier molecular flexibility index (Phi) is 7.11. The van der Waals surface area contributed by atoms with Crippen LogP contribution in [0.2, 0.25) is 5.02 Å². The zero-order valence-electron chi connectivity index (χ0n) is 17.4. The lowest BCUT2D eigenvalue weighted by Crippen LogP contribution is -2.31. The van der Waals surface area contributed by atoms with Crippen molar-refractivity contribution in [3.05, 3.63) is 70.9 Å². The second kappa shape index (κ2) is 9.96. The molecular formula is C24H23ClN4O2. The lowest BCUT2D eigenvalue weighted by atomic mass is 10.1. The van der Waals surface area contributed by atoms with Gasteiger partial charge in [-0.25, -0.2) is 0 Å². The topological polar surface area (TPSA) is 86.9 Å². The number of para-hydroxylation sites is 1. The molecule has 2 amide bonds. The first-order valence-electron chi connectivity index (χ1n) is 9.93. The molecule has 31 heavy (non-hydrogen) atoms. The molecule has 3 rings (SSSR count). The maximum absolute atomic E-state index is 12.6. The van der Waals surface area contributed by atoms with Crippen molar-refractivity contribution in [1.29, 1.82) is 5.26 Å². The van der Waals surface area contributed by atoms with Crippen molar-refractivity contribution >= 4 is 46.1 Å². The van der Waals surface area contributed by atoms with Gasteiger partial charge >= 0.3 is 0 Å². The Hall–Kier alpha value is -3.56. The van der Waals surface area contributed by atoms with E-state index in [1.54, 1.807) is 24.3 Å². The van der Waals surface area contributed by atoms with E-state index in [9.17, 15) is 9.59 Å². The van der Waals surface area contributed by atoms with E-state index in [-0.39, 0.29) is 17.9 Å². The third-order valence-corrected chi connectivity index (χ3v) is 4.84. The van der Waals surface area contributed by atoms with Crippen molar-refractivity contribution < 1.29 is 9.59 Å². The Morgan fingerprint density at radius 1 is 1.23 bits per heavy atom. The van der Waals surface area contributed by atoms with Crippen LogP contribution in [0.1, 0.15) is 36.2 Å². The summed E-state index contributed by atoms with van der Waals surface area (Å²) in [6, 6.07) is 14.7. The largest absolute Gasteiger partial charge is 0.350 e. The second-order valence-corrected chi connectivity index (χ2v) is 7.78. The number of halogens is 1. The van der Waals surface area contributed by atoms with Gasteiger partial charge in [0.25, 0.3) is 5.91 Å². The molecule has 7 heteroatoms. The number of hydrogen-bond acceptors (Lipinski definition) is 3.